The van der Waals surface area contributed by atoms with Crippen molar-refractivity contribution in [3.05, 3.63) is 78.4 Å². The van der Waals surface area contributed by atoms with Gasteiger partial charge in [-0.3, -0.25) is 0 Å². The van der Waals surface area contributed by atoms with Crippen molar-refractivity contribution in [2.75, 3.05) is 14.2 Å². The zero-order chi connectivity index (χ0) is 20.1. The van der Waals surface area contributed by atoms with Crippen LogP contribution in [0.5, 0.6) is 17.2 Å². The Morgan fingerprint density at radius 3 is 2.38 bits per heavy atom. The number of benzene rings is 3. The number of para-hydroxylation sites is 1. The maximum Gasteiger partial charge on any atom is 0.258 e. The molecular weight excluding hydrogens is 368 g/mol. The summed E-state index contributed by atoms with van der Waals surface area (Å²) >= 11 is 0. The van der Waals surface area contributed by atoms with Crippen molar-refractivity contribution in [1.29, 1.82) is 0 Å². The van der Waals surface area contributed by atoms with Crippen LogP contribution in [0.25, 0.3) is 22.8 Å². The van der Waals surface area contributed by atoms with E-state index < -0.39 is 0 Å². The van der Waals surface area contributed by atoms with Crippen LogP contribution >= 0.6 is 0 Å². The van der Waals surface area contributed by atoms with Gasteiger partial charge in [-0.05, 0) is 36.4 Å². The molecule has 4 rings (SSSR count). The minimum atomic E-state index is 0.398. The van der Waals surface area contributed by atoms with Gasteiger partial charge in [-0.15, -0.1) is 0 Å². The van der Waals surface area contributed by atoms with Crippen LogP contribution in [-0.2, 0) is 6.61 Å². The van der Waals surface area contributed by atoms with Gasteiger partial charge in [0.05, 0.1) is 14.2 Å². The zero-order valence-corrected chi connectivity index (χ0v) is 16.2. The molecule has 0 N–H and O–H groups in total. The van der Waals surface area contributed by atoms with Gasteiger partial charge in [-0.1, -0.05) is 41.6 Å². The van der Waals surface area contributed by atoms with E-state index in [1.54, 1.807) is 14.2 Å². The highest BCUT2D eigenvalue weighted by Gasteiger charge is 2.12. The molecule has 0 saturated heterocycles. The van der Waals surface area contributed by atoms with Crippen molar-refractivity contribution in [2.45, 2.75) is 6.61 Å². The number of aromatic nitrogens is 2. The maximum absolute atomic E-state index is 5.94. The van der Waals surface area contributed by atoms with Crippen LogP contribution in [0.3, 0.4) is 0 Å². The predicted molar refractivity (Wildman–Crippen MR) is 109 cm³/mol. The third-order valence-electron chi connectivity index (χ3n) is 4.42. The number of nitrogens with zero attached hydrogens (tertiary/aromatic N) is 2. The highest BCUT2D eigenvalue weighted by molar-refractivity contribution is 5.62. The molecule has 4 aromatic rings. The summed E-state index contributed by atoms with van der Waals surface area (Å²) in [6, 6.07) is 22.8. The van der Waals surface area contributed by atoms with Gasteiger partial charge in [0.1, 0.15) is 23.9 Å². The van der Waals surface area contributed by atoms with Crippen LogP contribution in [0.4, 0.5) is 0 Å². The fourth-order valence-electron chi connectivity index (χ4n) is 2.92. The van der Waals surface area contributed by atoms with Gasteiger partial charge >= 0.3 is 0 Å². The Morgan fingerprint density at radius 2 is 1.55 bits per heavy atom. The van der Waals surface area contributed by atoms with Gasteiger partial charge in [0.25, 0.3) is 5.89 Å². The number of hydrogen-bond acceptors (Lipinski definition) is 6. The van der Waals surface area contributed by atoms with E-state index in [0.717, 1.165) is 28.2 Å². The molecule has 0 aliphatic rings. The molecule has 1 heterocycles. The molecule has 0 spiro atoms. The lowest BCUT2D eigenvalue weighted by Crippen LogP contribution is -1.98. The van der Waals surface area contributed by atoms with Crippen molar-refractivity contribution < 1.29 is 18.7 Å². The number of rotatable bonds is 7. The average molecular weight is 388 g/mol. The normalized spacial score (nSPS) is 10.6. The molecule has 0 saturated carbocycles. The molecule has 0 unspecified atom stereocenters. The second kappa shape index (κ2) is 8.48. The molecule has 0 amide bonds. The van der Waals surface area contributed by atoms with Crippen molar-refractivity contribution >= 4 is 0 Å². The molecule has 146 valence electrons. The summed E-state index contributed by atoms with van der Waals surface area (Å²) in [6.45, 7) is 0.398. The van der Waals surface area contributed by atoms with Crippen molar-refractivity contribution in [2.24, 2.45) is 0 Å². The standard InChI is InChI=1S/C23H20N2O4/c1-26-19-10-6-9-17(14-19)23-24-22(25-29-23)16-8-5-11-20(13-16)28-15-18-7-3-4-12-21(18)27-2/h3-14H,15H2,1-2H3. The Morgan fingerprint density at radius 1 is 0.793 bits per heavy atom. The van der Waals surface area contributed by atoms with Crippen LogP contribution in [0.15, 0.2) is 77.3 Å². The smallest absolute Gasteiger partial charge is 0.258 e. The minimum Gasteiger partial charge on any atom is -0.497 e. The molecule has 0 fully saturated rings. The fourth-order valence-corrected chi connectivity index (χ4v) is 2.92. The molecular formula is C23H20N2O4. The topological polar surface area (TPSA) is 66.6 Å². The van der Waals surface area contributed by atoms with E-state index in [0.29, 0.717) is 24.1 Å². The highest BCUT2D eigenvalue weighted by atomic mass is 16.5. The molecule has 0 bridgehead atoms. The molecule has 6 heteroatoms. The van der Waals surface area contributed by atoms with E-state index in [2.05, 4.69) is 10.1 Å². The van der Waals surface area contributed by atoms with E-state index in [-0.39, 0.29) is 0 Å². The molecule has 0 aliphatic heterocycles. The highest BCUT2D eigenvalue weighted by Crippen LogP contribution is 2.27. The molecule has 0 atom stereocenters. The van der Waals surface area contributed by atoms with E-state index in [4.69, 9.17) is 18.7 Å². The quantitative estimate of drug-likeness (QED) is 0.444. The summed E-state index contributed by atoms with van der Waals surface area (Å²) in [7, 11) is 3.27. The Balaban J connectivity index is 1.52. The summed E-state index contributed by atoms with van der Waals surface area (Å²) in [5, 5.41) is 4.10. The van der Waals surface area contributed by atoms with Crippen LogP contribution in [-0.4, -0.2) is 24.4 Å². The van der Waals surface area contributed by atoms with Gasteiger partial charge in [-0.2, -0.15) is 4.98 Å². The predicted octanol–water partition coefficient (Wildman–Crippen LogP) is 5.00. The van der Waals surface area contributed by atoms with Gasteiger partial charge < -0.3 is 18.7 Å². The first-order valence-electron chi connectivity index (χ1n) is 9.10. The first kappa shape index (κ1) is 18.6. The number of ether oxygens (including phenoxy) is 3. The van der Waals surface area contributed by atoms with E-state index >= 15 is 0 Å². The molecule has 29 heavy (non-hydrogen) atoms. The fraction of sp³-hybridized carbons (Fsp3) is 0.130. The monoisotopic (exact) mass is 388 g/mol. The maximum atomic E-state index is 5.94. The van der Waals surface area contributed by atoms with E-state index in [9.17, 15) is 0 Å². The molecule has 1 aromatic heterocycles. The lowest BCUT2D eigenvalue weighted by molar-refractivity contribution is 0.297. The molecule has 3 aromatic carbocycles. The lowest BCUT2D eigenvalue weighted by Gasteiger charge is -2.10. The van der Waals surface area contributed by atoms with Gasteiger partial charge in [-0.25, -0.2) is 0 Å². The summed E-state index contributed by atoms with van der Waals surface area (Å²) in [6.07, 6.45) is 0. The number of methoxy groups -OCH3 is 2. The van der Waals surface area contributed by atoms with Crippen molar-refractivity contribution in [3.8, 4) is 40.1 Å². The second-order valence-corrected chi connectivity index (χ2v) is 6.28. The minimum absolute atomic E-state index is 0.398. The first-order chi connectivity index (χ1) is 14.3. The van der Waals surface area contributed by atoms with Gasteiger partial charge in [0, 0.05) is 16.7 Å². The van der Waals surface area contributed by atoms with Crippen LogP contribution in [0, 0.1) is 0 Å². The van der Waals surface area contributed by atoms with Crippen LogP contribution in [0.2, 0.25) is 0 Å². The van der Waals surface area contributed by atoms with E-state index in [1.165, 1.54) is 0 Å². The number of hydrogen-bond donors (Lipinski definition) is 0. The van der Waals surface area contributed by atoms with Crippen molar-refractivity contribution in [3.63, 3.8) is 0 Å². The van der Waals surface area contributed by atoms with Gasteiger partial charge in [0.2, 0.25) is 5.82 Å². The Bertz CT molecular complexity index is 1110. The Kier molecular flexibility index (Phi) is 5.42. The summed E-state index contributed by atoms with van der Waals surface area (Å²) < 4.78 is 22.0. The molecule has 0 aliphatic carbocycles. The van der Waals surface area contributed by atoms with Crippen LogP contribution < -0.4 is 14.2 Å². The first-order valence-corrected chi connectivity index (χ1v) is 9.10. The molecule has 0 radical (unpaired) electrons. The zero-order valence-electron chi connectivity index (χ0n) is 16.2. The Hall–Kier alpha value is -3.80. The van der Waals surface area contributed by atoms with Gasteiger partial charge in [0.15, 0.2) is 0 Å². The molecule has 6 nitrogen and oxygen atoms in total. The second-order valence-electron chi connectivity index (χ2n) is 6.28. The van der Waals surface area contributed by atoms with Crippen molar-refractivity contribution in [1.82, 2.24) is 10.1 Å². The summed E-state index contributed by atoms with van der Waals surface area (Å²) in [5.41, 5.74) is 2.58. The summed E-state index contributed by atoms with van der Waals surface area (Å²) in [5.74, 6) is 3.16. The lowest BCUT2D eigenvalue weighted by atomic mass is 10.2. The van der Waals surface area contributed by atoms with E-state index in [1.807, 2.05) is 72.8 Å². The third kappa shape index (κ3) is 4.21. The van der Waals surface area contributed by atoms with Crippen LogP contribution in [0.1, 0.15) is 5.56 Å². The largest absolute Gasteiger partial charge is 0.497 e. The SMILES string of the molecule is COc1cccc(-c2nc(-c3cccc(OCc4ccccc4OC)c3)no2)c1. The Labute approximate surface area is 168 Å². The average Bonchev–Trinajstić information content (AvgIpc) is 3.28. The summed E-state index contributed by atoms with van der Waals surface area (Å²) in [4.78, 5) is 4.50. The third-order valence-corrected chi connectivity index (χ3v) is 4.42.